The summed E-state index contributed by atoms with van der Waals surface area (Å²) in [5, 5.41) is 11.3. The maximum atomic E-state index is 14.7. The van der Waals surface area contributed by atoms with E-state index in [2.05, 4.69) is 9.69 Å². The fourth-order valence-electron chi connectivity index (χ4n) is 3.98. The van der Waals surface area contributed by atoms with Gasteiger partial charge in [0, 0.05) is 5.56 Å². The summed E-state index contributed by atoms with van der Waals surface area (Å²) in [5.41, 5.74) is 5.85. The van der Waals surface area contributed by atoms with E-state index in [1.807, 2.05) is 37.3 Å². The Balaban J connectivity index is 1.38. The van der Waals surface area contributed by atoms with Crippen molar-refractivity contribution in [2.24, 2.45) is 5.73 Å². The molecule has 1 fully saturated rings. The van der Waals surface area contributed by atoms with E-state index < -0.39 is 30.3 Å². The number of ether oxygens (including phenoxy) is 2. The van der Waals surface area contributed by atoms with E-state index in [0.717, 1.165) is 23.5 Å². The minimum atomic E-state index is -1.30. The summed E-state index contributed by atoms with van der Waals surface area (Å²) in [4.78, 5) is 24.3. The van der Waals surface area contributed by atoms with Gasteiger partial charge in [-0.15, -0.1) is 0 Å². The number of aliphatic hydroxyl groups is 1. The van der Waals surface area contributed by atoms with Crippen molar-refractivity contribution in [3.05, 3.63) is 64.8 Å². The maximum Gasteiger partial charge on any atom is 0.254 e. The van der Waals surface area contributed by atoms with Crippen molar-refractivity contribution in [2.75, 3.05) is 6.61 Å². The van der Waals surface area contributed by atoms with Gasteiger partial charge in [0.25, 0.3) is 5.91 Å². The van der Waals surface area contributed by atoms with Crippen LogP contribution >= 0.6 is 11.5 Å². The van der Waals surface area contributed by atoms with E-state index in [1.54, 1.807) is 6.07 Å². The molecule has 1 unspecified atom stereocenters. The lowest BCUT2D eigenvalue weighted by molar-refractivity contribution is -0.120. The first kappa shape index (κ1) is 25.6. The predicted molar refractivity (Wildman–Crippen MR) is 133 cm³/mol. The highest BCUT2D eigenvalue weighted by molar-refractivity contribution is 7.06. The van der Waals surface area contributed by atoms with Crippen LogP contribution in [0, 0.1) is 5.82 Å². The van der Waals surface area contributed by atoms with Gasteiger partial charge in [-0.05, 0) is 86.6 Å². The summed E-state index contributed by atoms with van der Waals surface area (Å²) in [7, 11) is 0. The summed E-state index contributed by atoms with van der Waals surface area (Å²) < 4.78 is 31.1. The average Bonchev–Trinajstić information content (AvgIpc) is 3.56. The van der Waals surface area contributed by atoms with Crippen molar-refractivity contribution >= 4 is 23.3 Å². The Morgan fingerprint density at radius 3 is 2.50 bits per heavy atom. The quantitative estimate of drug-likeness (QED) is 0.377. The molecule has 1 aromatic heterocycles. The monoisotopic (exact) mass is 513 g/mol. The zero-order valence-electron chi connectivity index (χ0n) is 19.8. The molecule has 4 N–H and O–H groups in total. The van der Waals surface area contributed by atoms with Crippen LogP contribution in [0.4, 0.5) is 4.39 Å². The van der Waals surface area contributed by atoms with Gasteiger partial charge in [-0.3, -0.25) is 9.59 Å². The SMILES string of the molecule is CC(Oc1ccc(OC2CCCC2)cc1)c1cc(-c2ccc(C(=O)N[C@@H](CO)C(N)=O)c(F)c2)ns1. The zero-order chi connectivity index (χ0) is 25.7. The summed E-state index contributed by atoms with van der Waals surface area (Å²) in [6.07, 6.45) is 4.65. The van der Waals surface area contributed by atoms with E-state index in [-0.39, 0.29) is 11.7 Å². The van der Waals surface area contributed by atoms with Gasteiger partial charge >= 0.3 is 0 Å². The summed E-state index contributed by atoms with van der Waals surface area (Å²) in [6.45, 7) is 1.23. The number of aliphatic hydroxyl groups excluding tert-OH is 1. The van der Waals surface area contributed by atoms with Crippen molar-refractivity contribution in [3.8, 4) is 22.8 Å². The van der Waals surface area contributed by atoms with E-state index in [9.17, 15) is 14.0 Å². The number of rotatable bonds is 10. The first-order valence-electron chi connectivity index (χ1n) is 11.7. The number of nitrogens with one attached hydrogen (secondary N) is 1. The van der Waals surface area contributed by atoms with Crippen molar-refractivity contribution in [3.63, 3.8) is 0 Å². The number of carbonyl (C=O) groups excluding carboxylic acids is 2. The molecule has 1 aliphatic carbocycles. The minimum absolute atomic E-state index is 0.272. The average molecular weight is 514 g/mol. The van der Waals surface area contributed by atoms with Gasteiger partial charge in [-0.25, -0.2) is 4.39 Å². The normalized spacial score (nSPS) is 15.3. The van der Waals surface area contributed by atoms with Crippen LogP contribution in [0.3, 0.4) is 0 Å². The summed E-state index contributed by atoms with van der Waals surface area (Å²) in [5.74, 6) is -1.01. The summed E-state index contributed by atoms with van der Waals surface area (Å²) >= 11 is 1.25. The third-order valence-electron chi connectivity index (χ3n) is 6.01. The van der Waals surface area contributed by atoms with Crippen LogP contribution in [0.25, 0.3) is 11.3 Å². The molecule has 4 rings (SSSR count). The molecular weight excluding hydrogens is 485 g/mol. The number of aromatic nitrogens is 1. The zero-order valence-corrected chi connectivity index (χ0v) is 20.6. The van der Waals surface area contributed by atoms with Crippen molar-refractivity contribution in [1.29, 1.82) is 0 Å². The number of primary amides is 1. The largest absolute Gasteiger partial charge is 0.490 e. The molecule has 0 radical (unpaired) electrons. The molecule has 1 saturated carbocycles. The molecule has 1 aliphatic rings. The van der Waals surface area contributed by atoms with Crippen LogP contribution in [-0.2, 0) is 4.79 Å². The lowest BCUT2D eigenvalue weighted by Gasteiger charge is -2.15. The number of hydrogen-bond donors (Lipinski definition) is 3. The van der Waals surface area contributed by atoms with E-state index in [0.29, 0.717) is 23.1 Å². The maximum absolute atomic E-state index is 14.7. The van der Waals surface area contributed by atoms with Gasteiger partial charge in [0.15, 0.2) is 0 Å². The second kappa shape index (κ2) is 11.5. The van der Waals surface area contributed by atoms with Crippen LogP contribution in [-0.4, -0.2) is 40.0 Å². The fourth-order valence-corrected chi connectivity index (χ4v) is 4.70. The predicted octanol–water partition coefficient (Wildman–Crippen LogP) is 3.99. The number of hydrogen-bond acceptors (Lipinski definition) is 7. The van der Waals surface area contributed by atoms with Crippen molar-refractivity contribution in [2.45, 2.75) is 50.9 Å². The number of benzene rings is 2. The van der Waals surface area contributed by atoms with Crippen LogP contribution in [0.15, 0.2) is 48.5 Å². The molecule has 36 heavy (non-hydrogen) atoms. The smallest absolute Gasteiger partial charge is 0.254 e. The summed E-state index contributed by atoms with van der Waals surface area (Å²) in [6, 6.07) is 12.1. The molecule has 2 amide bonds. The van der Waals surface area contributed by atoms with Crippen LogP contribution in [0.1, 0.15) is 53.9 Å². The Morgan fingerprint density at radius 2 is 1.86 bits per heavy atom. The molecule has 3 aromatic rings. The van der Waals surface area contributed by atoms with Crippen molar-refractivity contribution in [1.82, 2.24) is 9.69 Å². The van der Waals surface area contributed by atoms with E-state index in [1.165, 1.54) is 36.5 Å². The fraction of sp³-hybridized carbons (Fsp3) is 0.346. The molecule has 8 nitrogen and oxygen atoms in total. The Hall–Kier alpha value is -3.50. The van der Waals surface area contributed by atoms with Crippen molar-refractivity contribution < 1.29 is 28.6 Å². The highest BCUT2D eigenvalue weighted by Crippen LogP contribution is 2.31. The Bertz CT molecular complexity index is 1210. The first-order chi connectivity index (χ1) is 17.3. The molecule has 2 aromatic carbocycles. The molecule has 10 heteroatoms. The van der Waals surface area contributed by atoms with Crippen LogP contribution in [0.5, 0.6) is 11.5 Å². The number of carbonyl (C=O) groups is 2. The first-order valence-corrected chi connectivity index (χ1v) is 12.5. The number of halogens is 1. The van der Waals surface area contributed by atoms with Gasteiger partial charge in [0.05, 0.1) is 28.8 Å². The number of amides is 2. The minimum Gasteiger partial charge on any atom is -0.490 e. The Kier molecular flexibility index (Phi) is 8.17. The molecular formula is C26H28FN3O5S. The highest BCUT2D eigenvalue weighted by atomic mass is 32.1. The Morgan fingerprint density at radius 1 is 1.17 bits per heavy atom. The van der Waals surface area contributed by atoms with E-state index >= 15 is 0 Å². The molecule has 1 heterocycles. The lowest BCUT2D eigenvalue weighted by atomic mass is 10.1. The molecule has 0 saturated heterocycles. The molecule has 2 atom stereocenters. The second-order valence-corrected chi connectivity index (χ2v) is 9.51. The number of nitrogens with zero attached hydrogens (tertiary/aromatic N) is 1. The Labute approximate surface area is 212 Å². The van der Waals surface area contributed by atoms with Gasteiger partial charge in [-0.2, -0.15) is 4.37 Å². The van der Waals surface area contributed by atoms with Crippen LogP contribution in [0.2, 0.25) is 0 Å². The van der Waals surface area contributed by atoms with Gasteiger partial charge in [0.1, 0.15) is 29.5 Å². The van der Waals surface area contributed by atoms with Gasteiger partial charge in [-0.1, -0.05) is 6.07 Å². The number of nitrogens with two attached hydrogens (primary N) is 1. The highest BCUT2D eigenvalue weighted by Gasteiger charge is 2.21. The molecule has 0 aliphatic heterocycles. The topological polar surface area (TPSA) is 124 Å². The van der Waals surface area contributed by atoms with E-state index in [4.69, 9.17) is 20.3 Å². The second-order valence-electron chi connectivity index (χ2n) is 8.68. The molecule has 0 bridgehead atoms. The molecule has 0 spiro atoms. The van der Waals surface area contributed by atoms with Gasteiger partial charge in [0.2, 0.25) is 5.91 Å². The van der Waals surface area contributed by atoms with Crippen LogP contribution < -0.4 is 20.5 Å². The molecule has 190 valence electrons. The van der Waals surface area contributed by atoms with Gasteiger partial charge < -0.3 is 25.6 Å². The third-order valence-corrected chi connectivity index (χ3v) is 6.96. The standard InChI is InChI=1S/C26H28FN3O5S/c1-15(34-18-7-9-19(10-8-18)35-17-4-2-3-5-17)24-13-22(30-36-24)16-6-11-20(21(27)12-16)26(33)29-23(14-31)25(28)32/h6-13,15,17,23,31H,2-5,14H2,1H3,(H2,28,32)(H,29,33)/t15?,23-/m0/s1. The lowest BCUT2D eigenvalue weighted by Crippen LogP contribution is -2.47. The third kappa shape index (κ3) is 6.19.